The van der Waals surface area contributed by atoms with Crippen molar-refractivity contribution in [2.45, 2.75) is 25.8 Å². The monoisotopic (exact) mass is 311 g/mol. The van der Waals surface area contributed by atoms with Crippen molar-refractivity contribution in [3.05, 3.63) is 42.5 Å². The quantitative estimate of drug-likeness (QED) is 0.871. The number of rotatable bonds is 3. The fourth-order valence-electron chi connectivity index (χ4n) is 4.11. The Morgan fingerprint density at radius 3 is 2.39 bits per heavy atom. The number of nitrogens with zero attached hydrogens (tertiary/aromatic N) is 5. The molecule has 0 saturated carbocycles. The number of hydrogen-bond donors (Lipinski definition) is 0. The van der Waals surface area contributed by atoms with Crippen molar-refractivity contribution >= 4 is 0 Å². The summed E-state index contributed by atoms with van der Waals surface area (Å²) >= 11 is 0. The second-order valence-electron chi connectivity index (χ2n) is 7.27. The van der Waals surface area contributed by atoms with E-state index in [-0.39, 0.29) is 0 Å². The van der Waals surface area contributed by atoms with Gasteiger partial charge in [0, 0.05) is 13.1 Å². The van der Waals surface area contributed by atoms with Crippen molar-refractivity contribution < 1.29 is 0 Å². The van der Waals surface area contributed by atoms with E-state index in [0.717, 1.165) is 12.2 Å². The molecule has 2 saturated heterocycles. The van der Waals surface area contributed by atoms with Crippen LogP contribution in [0, 0.1) is 5.41 Å². The highest BCUT2D eigenvalue weighted by Gasteiger charge is 2.39. The molecule has 0 atom stereocenters. The number of piperidine rings is 1. The molecule has 1 aromatic heterocycles. The van der Waals surface area contributed by atoms with Crippen molar-refractivity contribution in [1.29, 1.82) is 0 Å². The second-order valence-corrected chi connectivity index (χ2v) is 7.27. The number of aromatic nitrogens is 3. The van der Waals surface area contributed by atoms with Crippen molar-refractivity contribution in [2.75, 3.05) is 33.2 Å². The van der Waals surface area contributed by atoms with E-state index in [0.29, 0.717) is 5.41 Å². The minimum Gasteiger partial charge on any atom is -0.306 e. The van der Waals surface area contributed by atoms with Gasteiger partial charge in [0.15, 0.2) is 0 Å². The van der Waals surface area contributed by atoms with Gasteiger partial charge in [-0.1, -0.05) is 12.1 Å². The summed E-state index contributed by atoms with van der Waals surface area (Å²) in [7, 11) is 2.26. The maximum absolute atomic E-state index is 4.17. The third-order valence-electron chi connectivity index (χ3n) is 5.57. The van der Waals surface area contributed by atoms with Crippen LogP contribution in [0.25, 0.3) is 5.69 Å². The number of hydrogen-bond acceptors (Lipinski definition) is 4. The van der Waals surface area contributed by atoms with Crippen LogP contribution in [-0.2, 0) is 6.54 Å². The van der Waals surface area contributed by atoms with Gasteiger partial charge >= 0.3 is 0 Å². The van der Waals surface area contributed by atoms with Gasteiger partial charge in [0.05, 0.1) is 5.69 Å². The second kappa shape index (κ2) is 6.06. The van der Waals surface area contributed by atoms with Crippen molar-refractivity contribution in [3.8, 4) is 5.69 Å². The maximum Gasteiger partial charge on any atom is 0.138 e. The fraction of sp³-hybridized carbons (Fsp3) is 0.556. The average Bonchev–Trinajstić information content (AvgIpc) is 3.21. The van der Waals surface area contributed by atoms with Crippen LogP contribution >= 0.6 is 0 Å². The van der Waals surface area contributed by atoms with E-state index in [1.165, 1.54) is 51.0 Å². The van der Waals surface area contributed by atoms with Crippen LogP contribution in [0.3, 0.4) is 0 Å². The van der Waals surface area contributed by atoms with Crippen molar-refractivity contribution in [3.63, 3.8) is 0 Å². The van der Waals surface area contributed by atoms with Gasteiger partial charge in [-0.15, -0.1) is 0 Å². The summed E-state index contributed by atoms with van der Waals surface area (Å²) < 4.78 is 1.80. The van der Waals surface area contributed by atoms with Gasteiger partial charge in [-0.3, -0.25) is 4.90 Å². The molecule has 0 radical (unpaired) electrons. The van der Waals surface area contributed by atoms with Gasteiger partial charge in [0.1, 0.15) is 12.7 Å². The fourth-order valence-corrected chi connectivity index (χ4v) is 4.11. The highest BCUT2D eigenvalue weighted by molar-refractivity contribution is 5.33. The lowest BCUT2D eigenvalue weighted by molar-refractivity contribution is 0.105. The van der Waals surface area contributed by atoms with Crippen LogP contribution in [0.4, 0.5) is 0 Å². The molecule has 3 heterocycles. The Bertz CT molecular complexity index is 626. The standard InChI is InChI=1S/C18H25N5/c1-21-9-6-18(13-21)7-10-22(11-8-18)12-16-2-4-17(5-3-16)23-15-19-14-20-23/h2-5,14-15H,6-13H2,1H3. The van der Waals surface area contributed by atoms with Crippen LogP contribution in [0.5, 0.6) is 0 Å². The topological polar surface area (TPSA) is 37.2 Å². The average molecular weight is 311 g/mol. The van der Waals surface area contributed by atoms with E-state index in [4.69, 9.17) is 0 Å². The molecule has 1 aromatic carbocycles. The first kappa shape index (κ1) is 14.8. The summed E-state index contributed by atoms with van der Waals surface area (Å²) in [5, 5.41) is 4.17. The van der Waals surface area contributed by atoms with E-state index in [2.05, 4.69) is 51.2 Å². The molecule has 4 rings (SSSR count). The van der Waals surface area contributed by atoms with Gasteiger partial charge in [-0.05, 0) is 69.1 Å². The predicted molar refractivity (Wildman–Crippen MR) is 90.4 cm³/mol. The molecular weight excluding hydrogens is 286 g/mol. The van der Waals surface area contributed by atoms with Gasteiger partial charge in [0.25, 0.3) is 0 Å². The first-order valence-corrected chi connectivity index (χ1v) is 8.57. The first-order valence-electron chi connectivity index (χ1n) is 8.57. The van der Waals surface area contributed by atoms with E-state index >= 15 is 0 Å². The summed E-state index contributed by atoms with van der Waals surface area (Å²) in [5.41, 5.74) is 3.06. The lowest BCUT2D eigenvalue weighted by Crippen LogP contribution is -2.40. The third-order valence-corrected chi connectivity index (χ3v) is 5.57. The largest absolute Gasteiger partial charge is 0.306 e. The highest BCUT2D eigenvalue weighted by Crippen LogP contribution is 2.39. The third kappa shape index (κ3) is 3.16. The van der Waals surface area contributed by atoms with Gasteiger partial charge in [-0.2, -0.15) is 5.10 Å². The molecule has 2 fully saturated rings. The van der Waals surface area contributed by atoms with Gasteiger partial charge in [0.2, 0.25) is 0 Å². The van der Waals surface area contributed by atoms with Crippen LogP contribution in [0.2, 0.25) is 0 Å². The molecular formula is C18H25N5. The van der Waals surface area contributed by atoms with Crippen molar-refractivity contribution in [1.82, 2.24) is 24.6 Å². The van der Waals surface area contributed by atoms with Gasteiger partial charge < -0.3 is 4.90 Å². The number of benzene rings is 1. The molecule has 1 spiro atoms. The van der Waals surface area contributed by atoms with Crippen LogP contribution in [0.1, 0.15) is 24.8 Å². The first-order chi connectivity index (χ1) is 11.2. The van der Waals surface area contributed by atoms with Crippen LogP contribution in [-0.4, -0.2) is 57.8 Å². The van der Waals surface area contributed by atoms with E-state index in [9.17, 15) is 0 Å². The molecule has 0 N–H and O–H groups in total. The minimum absolute atomic E-state index is 0.613. The summed E-state index contributed by atoms with van der Waals surface area (Å²) in [5.74, 6) is 0. The Balaban J connectivity index is 1.34. The predicted octanol–water partition coefficient (Wildman–Crippen LogP) is 2.18. The van der Waals surface area contributed by atoms with Crippen LogP contribution in [0.15, 0.2) is 36.9 Å². The SMILES string of the molecule is CN1CCC2(CCN(Cc3ccc(-n4cncn4)cc3)CC2)C1. The van der Waals surface area contributed by atoms with E-state index in [1.807, 2.05) is 0 Å². The molecule has 0 amide bonds. The zero-order chi connectivity index (χ0) is 15.7. The zero-order valence-corrected chi connectivity index (χ0v) is 13.9. The summed E-state index contributed by atoms with van der Waals surface area (Å²) in [6.07, 6.45) is 7.41. The Morgan fingerprint density at radius 1 is 1.04 bits per heavy atom. The Kier molecular flexibility index (Phi) is 3.91. The molecule has 0 unspecified atom stereocenters. The maximum atomic E-state index is 4.17. The number of likely N-dealkylation sites (tertiary alicyclic amines) is 2. The molecule has 0 aliphatic carbocycles. The molecule has 2 aromatic rings. The lowest BCUT2D eigenvalue weighted by atomic mass is 9.78. The van der Waals surface area contributed by atoms with Crippen LogP contribution < -0.4 is 0 Å². The molecule has 5 heteroatoms. The minimum atomic E-state index is 0.613. The Hall–Kier alpha value is -1.72. The summed E-state index contributed by atoms with van der Waals surface area (Å²) in [4.78, 5) is 9.10. The molecule has 2 aliphatic heterocycles. The Morgan fingerprint density at radius 2 is 1.78 bits per heavy atom. The molecule has 0 bridgehead atoms. The van der Waals surface area contributed by atoms with E-state index in [1.54, 1.807) is 17.3 Å². The normalized spacial score (nSPS) is 22.0. The molecule has 2 aliphatic rings. The Labute approximate surface area is 137 Å². The smallest absolute Gasteiger partial charge is 0.138 e. The molecule has 122 valence electrons. The van der Waals surface area contributed by atoms with E-state index < -0.39 is 0 Å². The molecule has 23 heavy (non-hydrogen) atoms. The molecule has 5 nitrogen and oxygen atoms in total. The van der Waals surface area contributed by atoms with Crippen molar-refractivity contribution in [2.24, 2.45) is 5.41 Å². The lowest BCUT2D eigenvalue weighted by Gasteiger charge is -2.39. The van der Waals surface area contributed by atoms with Gasteiger partial charge in [-0.25, -0.2) is 9.67 Å². The summed E-state index contributed by atoms with van der Waals surface area (Å²) in [6.45, 7) is 6.11. The summed E-state index contributed by atoms with van der Waals surface area (Å²) in [6, 6.07) is 8.68. The zero-order valence-electron chi connectivity index (χ0n) is 13.9. The highest BCUT2D eigenvalue weighted by atomic mass is 15.3.